The molecule has 0 amide bonds. The maximum Gasteiger partial charge on any atom is 0.306 e. The van der Waals surface area contributed by atoms with Crippen LogP contribution in [0.25, 0.3) is 0 Å². The third kappa shape index (κ3) is 46.4. The van der Waals surface area contributed by atoms with Gasteiger partial charge in [0.2, 0.25) is 0 Å². The van der Waals surface area contributed by atoms with Gasteiger partial charge in [-0.3, -0.25) is 14.4 Å². The van der Waals surface area contributed by atoms with Gasteiger partial charge in [0.1, 0.15) is 13.2 Å². The molecule has 0 radical (unpaired) electrons. The minimum absolute atomic E-state index is 0.0885. The average Bonchev–Trinajstić information content (AvgIpc) is 3.24. The van der Waals surface area contributed by atoms with Crippen molar-refractivity contribution < 1.29 is 28.6 Å². The summed E-state index contributed by atoms with van der Waals surface area (Å²) in [4.78, 5) is 37.9. The second-order valence-corrected chi connectivity index (χ2v) is 17.1. The van der Waals surface area contributed by atoms with E-state index in [1.807, 2.05) is 0 Å². The third-order valence-electron chi connectivity index (χ3n) is 11.1. The molecular weight excluding hydrogens is 745 g/mol. The van der Waals surface area contributed by atoms with Gasteiger partial charge >= 0.3 is 17.9 Å². The molecule has 0 aromatic rings. The average molecular weight is 841 g/mol. The molecule has 0 saturated heterocycles. The molecule has 0 aliphatic heterocycles. The quantitative estimate of drug-likeness (QED) is 0.0263. The van der Waals surface area contributed by atoms with Crippen LogP contribution in [0.3, 0.4) is 0 Å². The Labute approximate surface area is 371 Å². The molecule has 0 bridgehead atoms. The lowest BCUT2D eigenvalue weighted by atomic mass is 10.1. The molecule has 1 unspecified atom stereocenters. The molecule has 0 aromatic heterocycles. The lowest BCUT2D eigenvalue weighted by Gasteiger charge is -2.18. The van der Waals surface area contributed by atoms with E-state index in [0.29, 0.717) is 25.7 Å². The Hall–Kier alpha value is -2.63. The highest BCUT2D eigenvalue weighted by atomic mass is 16.6. The van der Waals surface area contributed by atoms with Crippen molar-refractivity contribution in [2.24, 2.45) is 0 Å². The lowest BCUT2D eigenvalue weighted by Crippen LogP contribution is -2.30. The van der Waals surface area contributed by atoms with Crippen LogP contribution in [0, 0.1) is 0 Å². The van der Waals surface area contributed by atoms with E-state index in [4.69, 9.17) is 14.2 Å². The van der Waals surface area contributed by atoms with Gasteiger partial charge in [-0.2, -0.15) is 0 Å². The number of rotatable bonds is 46. The minimum atomic E-state index is -0.791. The fourth-order valence-electron chi connectivity index (χ4n) is 7.16. The summed E-state index contributed by atoms with van der Waals surface area (Å²) in [7, 11) is 0. The van der Waals surface area contributed by atoms with E-state index < -0.39 is 6.10 Å². The molecule has 6 nitrogen and oxygen atoms in total. The zero-order valence-corrected chi connectivity index (χ0v) is 39.7. The van der Waals surface area contributed by atoms with Crippen LogP contribution >= 0.6 is 0 Å². The molecule has 0 N–H and O–H groups in total. The first kappa shape index (κ1) is 57.4. The molecule has 0 fully saturated rings. The van der Waals surface area contributed by atoms with Crippen LogP contribution in [0.5, 0.6) is 0 Å². The standard InChI is InChI=1S/C54H96O6/c1-4-7-10-13-16-19-22-24-26-27-29-30-32-35-38-41-44-47-53(56)59-50-51(49-58-52(55)46-43-40-37-34-21-18-15-12-9-6-3)60-54(57)48-45-42-39-36-33-31-28-25-23-20-17-14-11-8-5-2/h20,23-24,26,29-30,35,38,51H,4-19,21-22,25,27-28,31-34,36-37,39-50H2,1-3H3/b23-20-,26-24-,30-29-,38-35-. The Balaban J connectivity index is 4.42. The molecule has 0 aliphatic rings. The Kier molecular flexibility index (Phi) is 46.9. The van der Waals surface area contributed by atoms with Crippen LogP contribution in [0.2, 0.25) is 0 Å². The SMILES string of the molecule is CCCCCC/C=C\CCCCCCCCCC(=O)OC(COC(=O)CCC/C=C\C/C=C\C/C=C\CCCCCCCC)COC(=O)CCCCCCCCCCCC. The highest BCUT2D eigenvalue weighted by Gasteiger charge is 2.19. The van der Waals surface area contributed by atoms with Gasteiger partial charge in [-0.05, 0) is 77.0 Å². The lowest BCUT2D eigenvalue weighted by molar-refractivity contribution is -0.167. The van der Waals surface area contributed by atoms with Crippen molar-refractivity contribution in [2.75, 3.05) is 13.2 Å². The number of hydrogen-bond donors (Lipinski definition) is 0. The molecule has 6 heteroatoms. The molecule has 0 saturated carbocycles. The van der Waals surface area contributed by atoms with Crippen molar-refractivity contribution in [1.82, 2.24) is 0 Å². The van der Waals surface area contributed by atoms with E-state index in [-0.39, 0.29) is 31.1 Å². The van der Waals surface area contributed by atoms with Gasteiger partial charge in [-0.25, -0.2) is 0 Å². The molecule has 0 rings (SSSR count). The van der Waals surface area contributed by atoms with E-state index >= 15 is 0 Å². The van der Waals surface area contributed by atoms with Crippen LogP contribution in [0.1, 0.15) is 258 Å². The Morgan fingerprint density at radius 3 is 1.03 bits per heavy atom. The topological polar surface area (TPSA) is 78.9 Å². The van der Waals surface area contributed by atoms with Gasteiger partial charge in [-0.15, -0.1) is 0 Å². The van der Waals surface area contributed by atoms with Gasteiger partial charge in [0.05, 0.1) is 0 Å². The van der Waals surface area contributed by atoms with Crippen molar-refractivity contribution in [1.29, 1.82) is 0 Å². The molecular formula is C54H96O6. The van der Waals surface area contributed by atoms with Gasteiger partial charge in [0.25, 0.3) is 0 Å². The normalized spacial score (nSPS) is 12.4. The number of unbranched alkanes of at least 4 members (excludes halogenated alkanes) is 27. The largest absolute Gasteiger partial charge is 0.462 e. The second kappa shape index (κ2) is 49.0. The molecule has 0 spiro atoms. The number of allylic oxidation sites excluding steroid dienone is 8. The summed E-state index contributed by atoms with van der Waals surface area (Å²) in [5.74, 6) is -0.944. The van der Waals surface area contributed by atoms with Crippen LogP contribution in [0.15, 0.2) is 48.6 Å². The number of ether oxygens (including phenoxy) is 3. The van der Waals surface area contributed by atoms with Crippen molar-refractivity contribution in [3.8, 4) is 0 Å². The van der Waals surface area contributed by atoms with Crippen LogP contribution in [0.4, 0.5) is 0 Å². The molecule has 0 aromatic carbocycles. The first-order valence-corrected chi connectivity index (χ1v) is 25.6. The van der Waals surface area contributed by atoms with Crippen LogP contribution < -0.4 is 0 Å². The molecule has 348 valence electrons. The van der Waals surface area contributed by atoms with E-state index in [9.17, 15) is 14.4 Å². The summed E-state index contributed by atoms with van der Waals surface area (Å²) in [6.45, 7) is 6.57. The zero-order valence-electron chi connectivity index (χ0n) is 39.7. The predicted molar refractivity (Wildman–Crippen MR) is 256 cm³/mol. The summed E-state index contributed by atoms with van der Waals surface area (Å²) >= 11 is 0. The smallest absolute Gasteiger partial charge is 0.306 e. The second-order valence-electron chi connectivity index (χ2n) is 17.1. The molecule has 0 heterocycles. The summed E-state index contributed by atoms with van der Waals surface area (Å²) in [5, 5.41) is 0. The first-order chi connectivity index (χ1) is 29.5. The van der Waals surface area contributed by atoms with Crippen LogP contribution in [-0.2, 0) is 28.6 Å². The summed E-state index contributed by atoms with van der Waals surface area (Å²) in [6.07, 6.45) is 58.1. The summed E-state index contributed by atoms with van der Waals surface area (Å²) in [5.41, 5.74) is 0. The maximum atomic E-state index is 12.8. The fraction of sp³-hybridized carbons (Fsp3) is 0.796. The highest BCUT2D eigenvalue weighted by molar-refractivity contribution is 5.71. The molecule has 1 atom stereocenters. The van der Waals surface area contributed by atoms with E-state index in [2.05, 4.69) is 69.4 Å². The van der Waals surface area contributed by atoms with Gasteiger partial charge < -0.3 is 14.2 Å². The van der Waals surface area contributed by atoms with Gasteiger partial charge in [0.15, 0.2) is 6.10 Å². The predicted octanol–water partition coefficient (Wildman–Crippen LogP) is 16.7. The Bertz CT molecular complexity index is 1060. The number of carbonyl (C=O) groups is 3. The zero-order chi connectivity index (χ0) is 43.7. The van der Waals surface area contributed by atoms with E-state index in [1.54, 1.807) is 0 Å². The Morgan fingerprint density at radius 1 is 0.333 bits per heavy atom. The van der Waals surface area contributed by atoms with E-state index in [1.165, 1.54) is 154 Å². The van der Waals surface area contributed by atoms with Crippen molar-refractivity contribution in [3.05, 3.63) is 48.6 Å². The van der Waals surface area contributed by atoms with Gasteiger partial charge in [0, 0.05) is 19.3 Å². The van der Waals surface area contributed by atoms with E-state index in [0.717, 1.165) is 57.8 Å². The fourth-order valence-corrected chi connectivity index (χ4v) is 7.16. The Morgan fingerprint density at radius 2 is 0.617 bits per heavy atom. The van der Waals surface area contributed by atoms with Crippen molar-refractivity contribution >= 4 is 17.9 Å². The van der Waals surface area contributed by atoms with Crippen molar-refractivity contribution in [2.45, 2.75) is 264 Å². The number of esters is 3. The third-order valence-corrected chi connectivity index (χ3v) is 11.1. The van der Waals surface area contributed by atoms with Gasteiger partial charge in [-0.1, -0.05) is 211 Å². The maximum absolute atomic E-state index is 12.8. The molecule has 60 heavy (non-hydrogen) atoms. The van der Waals surface area contributed by atoms with Crippen molar-refractivity contribution in [3.63, 3.8) is 0 Å². The number of hydrogen-bond acceptors (Lipinski definition) is 6. The summed E-state index contributed by atoms with van der Waals surface area (Å²) in [6, 6.07) is 0. The highest BCUT2D eigenvalue weighted by Crippen LogP contribution is 2.14. The minimum Gasteiger partial charge on any atom is -0.462 e. The first-order valence-electron chi connectivity index (χ1n) is 25.6. The molecule has 0 aliphatic carbocycles. The van der Waals surface area contributed by atoms with Crippen LogP contribution in [-0.4, -0.2) is 37.2 Å². The number of carbonyl (C=O) groups excluding carboxylic acids is 3. The summed E-state index contributed by atoms with van der Waals surface area (Å²) < 4.78 is 16.7. The monoisotopic (exact) mass is 841 g/mol.